The molecule has 8 heteroatoms. The summed E-state index contributed by atoms with van der Waals surface area (Å²) in [4.78, 5) is 12.7. The van der Waals surface area contributed by atoms with E-state index in [0.29, 0.717) is 11.3 Å². The highest BCUT2D eigenvalue weighted by Gasteiger charge is 2.29. The molecule has 1 saturated carbocycles. The van der Waals surface area contributed by atoms with E-state index in [1.807, 2.05) is 12.1 Å². The van der Waals surface area contributed by atoms with Gasteiger partial charge in [0.25, 0.3) is 5.91 Å². The summed E-state index contributed by atoms with van der Waals surface area (Å²) in [6.07, 6.45) is 5.11. The Morgan fingerprint density at radius 1 is 0.970 bits per heavy atom. The number of nitrogens with one attached hydrogen (secondary N) is 2. The fraction of sp³-hybridized carbons (Fsp3) is 0.440. The van der Waals surface area contributed by atoms with Crippen molar-refractivity contribution in [2.45, 2.75) is 69.2 Å². The molecule has 0 aliphatic heterocycles. The van der Waals surface area contributed by atoms with Crippen molar-refractivity contribution in [2.24, 2.45) is 0 Å². The van der Waals surface area contributed by atoms with Crippen LogP contribution in [0.2, 0.25) is 0 Å². The molecule has 0 heterocycles. The number of hydrogen-bond donors (Lipinski definition) is 2. The molecule has 2 N–H and O–H groups in total. The van der Waals surface area contributed by atoms with Gasteiger partial charge in [-0.15, -0.1) is 0 Å². The fourth-order valence-electron chi connectivity index (χ4n) is 3.98. The quantitative estimate of drug-likeness (QED) is 0.576. The summed E-state index contributed by atoms with van der Waals surface area (Å²) in [6, 6.07) is 13.9. The molecule has 2 aromatic carbocycles. The van der Waals surface area contributed by atoms with E-state index in [1.54, 1.807) is 43.4 Å². The molecule has 33 heavy (non-hydrogen) atoms. The first-order chi connectivity index (χ1) is 15.5. The average Bonchev–Trinajstić information content (AvgIpc) is 2.79. The number of thiocarbonyl (C=S) groups is 1. The summed E-state index contributed by atoms with van der Waals surface area (Å²) in [5.41, 5.74) is 2.27. The second kappa shape index (κ2) is 10.3. The molecule has 1 aliphatic rings. The van der Waals surface area contributed by atoms with E-state index in [-0.39, 0.29) is 27.4 Å². The van der Waals surface area contributed by atoms with Gasteiger partial charge in [-0.25, -0.2) is 8.42 Å². The van der Waals surface area contributed by atoms with Crippen LogP contribution in [0.3, 0.4) is 0 Å². The first-order valence-corrected chi connectivity index (χ1v) is 13.1. The fourth-order valence-corrected chi connectivity index (χ4v) is 5.60. The monoisotopic (exact) mass is 487 g/mol. The minimum Gasteiger partial charge on any atom is -0.332 e. The SMILES string of the molecule is CN(C1CCCCC1)S(=O)(=O)c1ccc(NC(=S)NC(=O)c2ccc(C(C)(C)C)cc2)cc1. The molecule has 178 valence electrons. The number of benzene rings is 2. The van der Waals surface area contributed by atoms with Crippen molar-refractivity contribution in [1.29, 1.82) is 0 Å². The van der Waals surface area contributed by atoms with Crippen LogP contribution in [-0.2, 0) is 15.4 Å². The molecule has 2 aromatic rings. The van der Waals surface area contributed by atoms with E-state index in [9.17, 15) is 13.2 Å². The van der Waals surface area contributed by atoms with Gasteiger partial charge in [-0.2, -0.15) is 4.31 Å². The number of sulfonamides is 1. The number of nitrogens with zero attached hydrogens (tertiary/aromatic N) is 1. The number of rotatable bonds is 5. The molecule has 3 rings (SSSR count). The molecule has 6 nitrogen and oxygen atoms in total. The Morgan fingerprint density at radius 3 is 2.09 bits per heavy atom. The van der Waals surface area contributed by atoms with Crippen LogP contribution in [0.15, 0.2) is 53.4 Å². The van der Waals surface area contributed by atoms with E-state index < -0.39 is 10.0 Å². The number of carbonyl (C=O) groups excluding carboxylic acids is 1. The van der Waals surface area contributed by atoms with E-state index in [0.717, 1.165) is 31.2 Å². The van der Waals surface area contributed by atoms with Crippen LogP contribution in [0.4, 0.5) is 5.69 Å². The highest BCUT2D eigenvalue weighted by Crippen LogP contribution is 2.27. The Balaban J connectivity index is 1.60. The highest BCUT2D eigenvalue weighted by atomic mass is 32.2. The molecule has 0 bridgehead atoms. The van der Waals surface area contributed by atoms with Gasteiger partial charge >= 0.3 is 0 Å². The average molecular weight is 488 g/mol. The Bertz CT molecular complexity index is 1080. The normalized spacial score (nSPS) is 15.3. The van der Waals surface area contributed by atoms with Crippen molar-refractivity contribution in [3.63, 3.8) is 0 Å². The second-order valence-corrected chi connectivity index (χ2v) is 12.0. The van der Waals surface area contributed by atoms with E-state index in [4.69, 9.17) is 12.2 Å². The van der Waals surface area contributed by atoms with Gasteiger partial charge in [-0.1, -0.05) is 52.2 Å². The molecule has 0 radical (unpaired) electrons. The van der Waals surface area contributed by atoms with Crippen LogP contribution < -0.4 is 10.6 Å². The maximum atomic E-state index is 13.0. The summed E-state index contributed by atoms with van der Waals surface area (Å²) >= 11 is 5.26. The smallest absolute Gasteiger partial charge is 0.257 e. The first kappa shape index (κ1) is 25.3. The second-order valence-electron chi connectivity index (χ2n) is 9.57. The molecule has 0 saturated heterocycles. The Hall–Kier alpha value is -2.29. The van der Waals surface area contributed by atoms with Gasteiger partial charge in [0, 0.05) is 24.3 Å². The summed E-state index contributed by atoms with van der Waals surface area (Å²) < 4.78 is 27.5. The first-order valence-electron chi connectivity index (χ1n) is 11.3. The van der Waals surface area contributed by atoms with Crippen molar-refractivity contribution in [2.75, 3.05) is 12.4 Å². The minimum absolute atomic E-state index is 0.0106. The van der Waals surface area contributed by atoms with Crippen molar-refractivity contribution in [1.82, 2.24) is 9.62 Å². The predicted octanol–water partition coefficient (Wildman–Crippen LogP) is 5.06. The Morgan fingerprint density at radius 2 is 1.55 bits per heavy atom. The number of hydrogen-bond acceptors (Lipinski definition) is 4. The summed E-state index contributed by atoms with van der Waals surface area (Å²) in [7, 11) is -1.89. The number of carbonyl (C=O) groups is 1. The summed E-state index contributed by atoms with van der Waals surface area (Å²) in [5, 5.41) is 5.75. The third-order valence-electron chi connectivity index (χ3n) is 6.12. The van der Waals surface area contributed by atoms with Gasteiger partial charge in [0.2, 0.25) is 10.0 Å². The van der Waals surface area contributed by atoms with Gasteiger partial charge in [0.05, 0.1) is 4.90 Å². The van der Waals surface area contributed by atoms with Crippen LogP contribution in [-0.4, -0.2) is 36.8 Å². The summed E-state index contributed by atoms with van der Waals surface area (Å²) in [5.74, 6) is -0.304. The van der Waals surface area contributed by atoms with Crippen LogP contribution in [0.1, 0.15) is 68.8 Å². The topological polar surface area (TPSA) is 78.5 Å². The van der Waals surface area contributed by atoms with Crippen LogP contribution in [0.25, 0.3) is 0 Å². The molecule has 0 spiro atoms. The molecule has 1 fully saturated rings. The van der Waals surface area contributed by atoms with Crippen molar-refractivity contribution in [3.05, 3.63) is 59.7 Å². The van der Waals surface area contributed by atoms with E-state index >= 15 is 0 Å². The third kappa shape index (κ3) is 6.40. The Kier molecular flexibility index (Phi) is 7.92. The lowest BCUT2D eigenvalue weighted by atomic mass is 9.87. The summed E-state index contributed by atoms with van der Waals surface area (Å²) in [6.45, 7) is 6.35. The lowest BCUT2D eigenvalue weighted by Gasteiger charge is -2.30. The highest BCUT2D eigenvalue weighted by molar-refractivity contribution is 7.89. The molecule has 0 atom stereocenters. The van der Waals surface area contributed by atoms with Gasteiger partial charge in [-0.05, 0) is 72.4 Å². The zero-order valence-electron chi connectivity index (χ0n) is 19.7. The zero-order valence-corrected chi connectivity index (χ0v) is 21.4. The molecule has 1 aliphatic carbocycles. The Labute approximate surface area is 202 Å². The maximum Gasteiger partial charge on any atom is 0.257 e. The molecular weight excluding hydrogens is 454 g/mol. The van der Waals surface area contributed by atoms with Crippen molar-refractivity contribution < 1.29 is 13.2 Å². The predicted molar refractivity (Wildman–Crippen MR) is 137 cm³/mol. The molecular formula is C25H33N3O3S2. The van der Waals surface area contributed by atoms with Crippen LogP contribution >= 0.6 is 12.2 Å². The largest absolute Gasteiger partial charge is 0.332 e. The maximum absolute atomic E-state index is 13.0. The molecule has 0 aromatic heterocycles. The van der Waals surface area contributed by atoms with Gasteiger partial charge in [0.1, 0.15) is 0 Å². The lowest BCUT2D eigenvalue weighted by Crippen LogP contribution is -2.38. The van der Waals surface area contributed by atoms with Gasteiger partial charge in [0.15, 0.2) is 5.11 Å². The van der Waals surface area contributed by atoms with Gasteiger partial charge < -0.3 is 5.32 Å². The van der Waals surface area contributed by atoms with Gasteiger partial charge in [-0.3, -0.25) is 10.1 Å². The number of anilines is 1. The van der Waals surface area contributed by atoms with Crippen LogP contribution in [0.5, 0.6) is 0 Å². The van der Waals surface area contributed by atoms with E-state index in [1.165, 1.54) is 10.7 Å². The lowest BCUT2D eigenvalue weighted by molar-refractivity contribution is 0.0977. The molecule has 1 amide bonds. The van der Waals surface area contributed by atoms with E-state index in [2.05, 4.69) is 31.4 Å². The standard InChI is InChI=1S/C25H33N3O3S2/c1-25(2,3)19-12-10-18(11-13-19)23(29)27-24(32)26-20-14-16-22(17-15-20)33(30,31)28(4)21-8-6-5-7-9-21/h10-17,21H,5-9H2,1-4H3,(H2,26,27,29,32). The third-order valence-corrected chi connectivity index (χ3v) is 8.25. The molecule has 0 unspecified atom stereocenters. The number of amides is 1. The van der Waals surface area contributed by atoms with Crippen molar-refractivity contribution >= 4 is 38.9 Å². The van der Waals surface area contributed by atoms with Crippen LogP contribution in [0, 0.1) is 0 Å². The minimum atomic E-state index is -3.55. The van der Waals surface area contributed by atoms with Crippen molar-refractivity contribution in [3.8, 4) is 0 Å². The zero-order chi connectivity index (χ0) is 24.2.